The van der Waals surface area contributed by atoms with Gasteiger partial charge in [-0.2, -0.15) is 0 Å². The molecule has 0 aromatic carbocycles. The van der Waals surface area contributed by atoms with Crippen LogP contribution in [0.3, 0.4) is 0 Å². The maximum Gasteiger partial charge on any atom is 0.0675 e. The minimum atomic E-state index is 0.362. The first-order valence-corrected chi connectivity index (χ1v) is 6.95. The fourth-order valence-electron chi connectivity index (χ4n) is 3.07. The fraction of sp³-hybridized carbons (Fsp3) is 1.00. The molecule has 2 fully saturated rings. The van der Waals surface area contributed by atoms with Crippen LogP contribution in [0, 0.1) is 0 Å². The van der Waals surface area contributed by atoms with Gasteiger partial charge in [0.25, 0.3) is 0 Å². The van der Waals surface area contributed by atoms with Crippen molar-refractivity contribution >= 4 is 11.8 Å². The zero-order valence-electron chi connectivity index (χ0n) is 9.81. The van der Waals surface area contributed by atoms with Crippen LogP contribution in [-0.2, 0) is 0 Å². The molecule has 0 aromatic heterocycles. The molecule has 2 aliphatic rings. The lowest BCUT2D eigenvalue weighted by atomic mass is 9.90. The van der Waals surface area contributed by atoms with Gasteiger partial charge in [-0.05, 0) is 33.6 Å². The summed E-state index contributed by atoms with van der Waals surface area (Å²) >= 11 is 2.23. The van der Waals surface area contributed by atoms with Gasteiger partial charge < -0.3 is 0 Å². The minimum absolute atomic E-state index is 0.362. The van der Waals surface area contributed by atoms with Gasteiger partial charge in [0, 0.05) is 17.8 Å². The molecule has 1 aliphatic heterocycles. The van der Waals surface area contributed by atoms with Gasteiger partial charge in [-0.25, -0.2) is 0 Å². The van der Waals surface area contributed by atoms with Crippen LogP contribution in [0.15, 0.2) is 0 Å². The molecule has 0 radical (unpaired) electrons. The van der Waals surface area contributed by atoms with E-state index in [0.29, 0.717) is 10.4 Å². The van der Waals surface area contributed by atoms with Crippen LogP contribution in [0.4, 0.5) is 0 Å². The molecule has 2 heteroatoms. The summed E-state index contributed by atoms with van der Waals surface area (Å²) in [5, 5.41) is 0. The maximum atomic E-state index is 2.77. The Balaban J connectivity index is 2.16. The molecule has 0 aromatic rings. The van der Waals surface area contributed by atoms with Gasteiger partial charge in [0.15, 0.2) is 0 Å². The van der Waals surface area contributed by atoms with Crippen LogP contribution in [0.2, 0.25) is 0 Å². The van der Waals surface area contributed by atoms with E-state index >= 15 is 0 Å². The van der Waals surface area contributed by atoms with Crippen LogP contribution in [-0.4, -0.2) is 27.6 Å². The van der Waals surface area contributed by atoms with Crippen LogP contribution in [0.5, 0.6) is 0 Å². The predicted molar refractivity (Wildman–Crippen MR) is 64.7 cm³/mol. The highest BCUT2D eigenvalue weighted by Gasteiger charge is 2.46. The lowest BCUT2D eigenvalue weighted by Gasteiger charge is -2.47. The van der Waals surface area contributed by atoms with E-state index in [1.165, 1.54) is 44.4 Å². The normalized spacial score (nSPS) is 28.5. The molecule has 1 nitrogen and oxygen atoms in total. The molecule has 2 rings (SSSR count). The molecule has 0 unspecified atom stereocenters. The van der Waals surface area contributed by atoms with Gasteiger partial charge in [-0.3, -0.25) is 4.90 Å². The summed E-state index contributed by atoms with van der Waals surface area (Å²) in [7, 11) is 0. The average molecular weight is 213 g/mol. The summed E-state index contributed by atoms with van der Waals surface area (Å²) in [6.45, 7) is 8.41. The maximum absolute atomic E-state index is 2.77. The largest absolute Gasteiger partial charge is 0.283 e. The SMILES string of the molecule is CC(C)(C)N1CCSC12CCCCC2. The first-order chi connectivity index (χ1) is 6.55. The molecule has 1 saturated heterocycles. The van der Waals surface area contributed by atoms with E-state index in [4.69, 9.17) is 0 Å². The molecule has 0 bridgehead atoms. The summed E-state index contributed by atoms with van der Waals surface area (Å²) in [6, 6.07) is 0. The smallest absolute Gasteiger partial charge is 0.0675 e. The van der Waals surface area contributed by atoms with Crippen LogP contribution < -0.4 is 0 Å². The molecular weight excluding hydrogens is 190 g/mol. The molecule has 0 atom stereocenters. The third kappa shape index (κ3) is 1.83. The Labute approximate surface area is 92.6 Å². The lowest BCUT2D eigenvalue weighted by Crippen LogP contribution is -2.52. The van der Waals surface area contributed by atoms with E-state index in [1.807, 2.05) is 0 Å². The Bertz CT molecular complexity index is 201. The molecule has 0 amide bonds. The van der Waals surface area contributed by atoms with Gasteiger partial charge in [0.2, 0.25) is 0 Å². The fourth-order valence-corrected chi connectivity index (χ4v) is 4.83. The summed E-state index contributed by atoms with van der Waals surface area (Å²) < 4.78 is 0. The summed E-state index contributed by atoms with van der Waals surface area (Å²) in [4.78, 5) is 3.29. The van der Waals surface area contributed by atoms with Crippen molar-refractivity contribution in [2.45, 2.75) is 63.3 Å². The standard InChI is InChI=1S/C12H23NS/c1-11(2,3)13-9-10-14-12(13)7-5-4-6-8-12/h4-10H2,1-3H3. The van der Waals surface area contributed by atoms with Crippen molar-refractivity contribution < 1.29 is 0 Å². The summed E-state index contributed by atoms with van der Waals surface area (Å²) in [6.07, 6.45) is 7.20. The molecule has 1 saturated carbocycles. The van der Waals surface area contributed by atoms with Gasteiger partial charge in [0.1, 0.15) is 0 Å². The number of thioether (sulfide) groups is 1. The zero-order chi connectivity index (χ0) is 10.2. The van der Waals surface area contributed by atoms with Gasteiger partial charge in [-0.1, -0.05) is 19.3 Å². The van der Waals surface area contributed by atoms with Crippen molar-refractivity contribution in [3.63, 3.8) is 0 Å². The Kier molecular flexibility index (Phi) is 2.87. The second-order valence-corrected chi connectivity index (χ2v) is 7.13. The Morgan fingerprint density at radius 3 is 2.29 bits per heavy atom. The Morgan fingerprint density at radius 1 is 1.07 bits per heavy atom. The molecular formula is C12H23NS. The van der Waals surface area contributed by atoms with Crippen molar-refractivity contribution in [3.8, 4) is 0 Å². The minimum Gasteiger partial charge on any atom is -0.283 e. The number of hydrogen-bond acceptors (Lipinski definition) is 2. The van der Waals surface area contributed by atoms with Crippen LogP contribution >= 0.6 is 11.8 Å². The molecule has 14 heavy (non-hydrogen) atoms. The first kappa shape index (κ1) is 10.8. The third-order valence-corrected chi connectivity index (χ3v) is 5.17. The molecule has 1 heterocycles. The van der Waals surface area contributed by atoms with Gasteiger partial charge >= 0.3 is 0 Å². The van der Waals surface area contributed by atoms with Crippen LogP contribution in [0.25, 0.3) is 0 Å². The zero-order valence-corrected chi connectivity index (χ0v) is 10.6. The lowest BCUT2D eigenvalue weighted by molar-refractivity contribution is 0.0565. The van der Waals surface area contributed by atoms with Crippen molar-refractivity contribution in [1.82, 2.24) is 4.90 Å². The highest BCUT2D eigenvalue weighted by atomic mass is 32.2. The highest BCUT2D eigenvalue weighted by Crippen LogP contribution is 2.49. The topological polar surface area (TPSA) is 3.24 Å². The third-order valence-electron chi connectivity index (χ3n) is 3.62. The Hall–Kier alpha value is 0.310. The first-order valence-electron chi connectivity index (χ1n) is 5.96. The molecule has 1 aliphatic carbocycles. The highest BCUT2D eigenvalue weighted by molar-refractivity contribution is 8.00. The van der Waals surface area contributed by atoms with E-state index in [-0.39, 0.29) is 0 Å². The molecule has 0 N–H and O–H groups in total. The van der Waals surface area contributed by atoms with Gasteiger partial charge in [-0.15, -0.1) is 11.8 Å². The predicted octanol–water partition coefficient (Wildman–Crippen LogP) is 3.49. The molecule has 82 valence electrons. The van der Waals surface area contributed by atoms with E-state index in [2.05, 4.69) is 37.4 Å². The second kappa shape index (κ2) is 3.71. The van der Waals surface area contributed by atoms with Gasteiger partial charge in [0.05, 0.1) is 4.87 Å². The van der Waals surface area contributed by atoms with E-state index in [1.54, 1.807) is 0 Å². The average Bonchev–Trinajstić information content (AvgIpc) is 2.49. The quantitative estimate of drug-likeness (QED) is 0.606. The molecule has 1 spiro atoms. The van der Waals surface area contributed by atoms with Crippen molar-refractivity contribution in [2.24, 2.45) is 0 Å². The number of nitrogens with zero attached hydrogens (tertiary/aromatic N) is 1. The van der Waals surface area contributed by atoms with E-state index in [0.717, 1.165) is 0 Å². The van der Waals surface area contributed by atoms with Crippen molar-refractivity contribution in [1.29, 1.82) is 0 Å². The van der Waals surface area contributed by atoms with E-state index < -0.39 is 0 Å². The van der Waals surface area contributed by atoms with E-state index in [9.17, 15) is 0 Å². The number of rotatable bonds is 0. The number of hydrogen-bond donors (Lipinski definition) is 0. The second-order valence-electron chi connectivity index (χ2n) is 5.68. The van der Waals surface area contributed by atoms with Crippen LogP contribution in [0.1, 0.15) is 52.9 Å². The summed E-state index contributed by atoms with van der Waals surface area (Å²) in [5.41, 5.74) is 0.362. The summed E-state index contributed by atoms with van der Waals surface area (Å²) in [5.74, 6) is 1.34. The van der Waals surface area contributed by atoms with Crippen molar-refractivity contribution in [3.05, 3.63) is 0 Å². The monoisotopic (exact) mass is 213 g/mol. The Morgan fingerprint density at radius 2 is 1.71 bits per heavy atom. The van der Waals surface area contributed by atoms with Crippen molar-refractivity contribution in [2.75, 3.05) is 12.3 Å².